The highest BCUT2D eigenvalue weighted by Crippen LogP contribution is 2.26. The van der Waals surface area contributed by atoms with Crippen molar-refractivity contribution in [1.29, 1.82) is 0 Å². The molecule has 1 atom stereocenters. The fourth-order valence-electron chi connectivity index (χ4n) is 2.49. The number of carbonyl (C=O) groups is 3. The molecule has 0 amide bonds. The number of hydrogen-bond donors (Lipinski definition) is 2. The van der Waals surface area contributed by atoms with E-state index in [1.54, 1.807) is 32.9 Å². The summed E-state index contributed by atoms with van der Waals surface area (Å²) in [5.74, 6) is -3.69. The average molecular weight is 373 g/mol. The predicted octanol–water partition coefficient (Wildman–Crippen LogP) is 3.27. The van der Waals surface area contributed by atoms with E-state index in [4.69, 9.17) is 9.47 Å². The topological polar surface area (TPSA) is 106 Å². The van der Waals surface area contributed by atoms with Crippen LogP contribution in [0.3, 0.4) is 0 Å². The second kappa shape index (κ2) is 8.53. The summed E-state index contributed by atoms with van der Waals surface area (Å²) in [5, 5.41) is 9.19. The monoisotopic (exact) mass is 373 g/mol. The van der Waals surface area contributed by atoms with Crippen molar-refractivity contribution in [1.82, 2.24) is 4.98 Å². The minimum Gasteiger partial charge on any atom is -0.481 e. The average Bonchev–Trinajstić information content (AvgIpc) is 3.06. The number of nitrogens with one attached hydrogen (secondary N) is 1. The van der Waals surface area contributed by atoms with Crippen LogP contribution in [0.5, 0.6) is 0 Å². The molecular formula is C20H23NO6. The zero-order valence-electron chi connectivity index (χ0n) is 15.5. The number of aliphatic carboxylic acids is 1. The molecule has 144 valence electrons. The van der Waals surface area contributed by atoms with Crippen molar-refractivity contribution < 1.29 is 29.0 Å². The molecule has 1 heterocycles. The van der Waals surface area contributed by atoms with Gasteiger partial charge in [0, 0.05) is 11.9 Å². The number of rotatable bonds is 7. The summed E-state index contributed by atoms with van der Waals surface area (Å²) in [6, 6.07) is 10.5. The number of H-pyrrole nitrogens is 1. The summed E-state index contributed by atoms with van der Waals surface area (Å²) in [7, 11) is 0. The molecule has 0 aliphatic rings. The fraction of sp³-hybridized carbons (Fsp3) is 0.350. The van der Waals surface area contributed by atoms with Gasteiger partial charge in [-0.25, -0.2) is 4.79 Å². The Morgan fingerprint density at radius 3 is 2.37 bits per heavy atom. The molecule has 0 fully saturated rings. The first kappa shape index (κ1) is 20.2. The molecule has 0 saturated heterocycles. The van der Waals surface area contributed by atoms with E-state index in [9.17, 15) is 19.5 Å². The largest absolute Gasteiger partial charge is 0.481 e. The molecule has 1 aromatic heterocycles. The van der Waals surface area contributed by atoms with Crippen molar-refractivity contribution >= 4 is 17.9 Å². The Morgan fingerprint density at radius 2 is 1.78 bits per heavy atom. The van der Waals surface area contributed by atoms with Crippen LogP contribution in [0.4, 0.5) is 0 Å². The number of esters is 2. The SMILES string of the molecule is CC(C)(C)OC(=O)c1cc[nH]c1C(CC(=O)O)C(=O)OCc1ccccc1. The number of aromatic amines is 1. The van der Waals surface area contributed by atoms with E-state index >= 15 is 0 Å². The molecule has 1 unspecified atom stereocenters. The summed E-state index contributed by atoms with van der Waals surface area (Å²) >= 11 is 0. The van der Waals surface area contributed by atoms with Crippen LogP contribution in [0.25, 0.3) is 0 Å². The third-order valence-corrected chi connectivity index (χ3v) is 3.63. The summed E-state index contributed by atoms with van der Waals surface area (Å²) in [4.78, 5) is 39.0. The van der Waals surface area contributed by atoms with E-state index < -0.39 is 35.8 Å². The molecule has 2 N–H and O–H groups in total. The van der Waals surface area contributed by atoms with Crippen molar-refractivity contribution in [2.45, 2.75) is 45.3 Å². The number of ether oxygens (including phenoxy) is 2. The van der Waals surface area contributed by atoms with Gasteiger partial charge in [-0.3, -0.25) is 9.59 Å². The Hall–Kier alpha value is -3.09. The fourth-order valence-corrected chi connectivity index (χ4v) is 2.49. The Labute approximate surface area is 157 Å². The first-order valence-electron chi connectivity index (χ1n) is 8.50. The Morgan fingerprint density at radius 1 is 1.11 bits per heavy atom. The third kappa shape index (κ3) is 5.99. The molecule has 27 heavy (non-hydrogen) atoms. The molecule has 0 bridgehead atoms. The normalized spacial score (nSPS) is 12.3. The van der Waals surface area contributed by atoms with Gasteiger partial charge in [0.25, 0.3) is 0 Å². The molecule has 0 radical (unpaired) electrons. The number of carbonyl (C=O) groups excluding carboxylic acids is 2. The lowest BCUT2D eigenvalue weighted by molar-refractivity contribution is -0.150. The first-order chi connectivity index (χ1) is 12.7. The predicted molar refractivity (Wildman–Crippen MR) is 97.2 cm³/mol. The van der Waals surface area contributed by atoms with Gasteiger partial charge in [-0.1, -0.05) is 30.3 Å². The highest BCUT2D eigenvalue weighted by Gasteiger charge is 2.32. The maximum Gasteiger partial charge on any atom is 0.340 e. The van der Waals surface area contributed by atoms with Crippen LogP contribution in [0.15, 0.2) is 42.6 Å². The lowest BCUT2D eigenvalue weighted by Crippen LogP contribution is -2.26. The highest BCUT2D eigenvalue weighted by molar-refractivity contribution is 5.94. The lowest BCUT2D eigenvalue weighted by atomic mass is 9.98. The minimum absolute atomic E-state index is 0.0122. The molecule has 0 spiro atoms. The molecule has 2 aromatic rings. The van der Waals surface area contributed by atoms with Crippen LogP contribution in [0.1, 0.15) is 54.7 Å². The van der Waals surface area contributed by atoms with Crippen molar-refractivity contribution in [3.8, 4) is 0 Å². The second-order valence-electron chi connectivity index (χ2n) is 7.05. The van der Waals surface area contributed by atoms with Crippen molar-refractivity contribution in [2.24, 2.45) is 0 Å². The van der Waals surface area contributed by atoms with Gasteiger partial charge in [0.2, 0.25) is 0 Å². The molecule has 0 aliphatic carbocycles. The molecule has 1 aromatic carbocycles. The van der Waals surface area contributed by atoms with Gasteiger partial charge in [-0.05, 0) is 32.4 Å². The van der Waals surface area contributed by atoms with Gasteiger partial charge in [0.1, 0.15) is 18.1 Å². The quantitative estimate of drug-likeness (QED) is 0.722. The maximum atomic E-state index is 12.6. The van der Waals surface area contributed by atoms with Crippen LogP contribution >= 0.6 is 0 Å². The van der Waals surface area contributed by atoms with E-state index in [-0.39, 0.29) is 17.9 Å². The maximum absolute atomic E-state index is 12.6. The number of aromatic nitrogens is 1. The summed E-state index contributed by atoms with van der Waals surface area (Å²) in [6.45, 7) is 5.18. The van der Waals surface area contributed by atoms with Gasteiger partial charge >= 0.3 is 17.9 Å². The number of carboxylic acids is 1. The second-order valence-corrected chi connectivity index (χ2v) is 7.05. The number of hydrogen-bond acceptors (Lipinski definition) is 5. The van der Waals surface area contributed by atoms with Gasteiger partial charge in [-0.15, -0.1) is 0 Å². The number of carboxylic acid groups (broad SMARTS) is 1. The summed E-state index contributed by atoms with van der Waals surface area (Å²) in [5.41, 5.74) is 0.346. The van der Waals surface area contributed by atoms with Crippen LogP contribution in [0.2, 0.25) is 0 Å². The van der Waals surface area contributed by atoms with Crippen LogP contribution in [-0.4, -0.2) is 33.6 Å². The molecular weight excluding hydrogens is 350 g/mol. The van der Waals surface area contributed by atoms with Gasteiger partial charge in [0.15, 0.2) is 0 Å². The zero-order valence-corrected chi connectivity index (χ0v) is 15.5. The summed E-state index contributed by atoms with van der Waals surface area (Å²) in [6.07, 6.45) is 0.956. The minimum atomic E-state index is -1.18. The summed E-state index contributed by atoms with van der Waals surface area (Å²) < 4.78 is 10.6. The van der Waals surface area contributed by atoms with Crippen LogP contribution < -0.4 is 0 Å². The molecule has 0 saturated carbocycles. The number of benzene rings is 1. The van der Waals surface area contributed by atoms with E-state index in [0.29, 0.717) is 0 Å². The highest BCUT2D eigenvalue weighted by atomic mass is 16.6. The Bertz CT molecular complexity index is 803. The molecule has 7 nitrogen and oxygen atoms in total. The van der Waals surface area contributed by atoms with E-state index in [0.717, 1.165) is 5.56 Å². The smallest absolute Gasteiger partial charge is 0.340 e. The van der Waals surface area contributed by atoms with Crippen molar-refractivity contribution in [3.63, 3.8) is 0 Å². The zero-order chi connectivity index (χ0) is 20.0. The molecule has 7 heteroatoms. The van der Waals surface area contributed by atoms with E-state index in [2.05, 4.69) is 4.98 Å². The standard InChI is InChI=1S/C20H23NO6/c1-20(2,3)27-19(25)14-9-10-21-17(14)15(11-16(22)23)18(24)26-12-13-7-5-4-6-8-13/h4-10,15,21H,11-12H2,1-3H3,(H,22,23). The van der Waals surface area contributed by atoms with Gasteiger partial charge in [-0.2, -0.15) is 0 Å². The van der Waals surface area contributed by atoms with Gasteiger partial charge in [0.05, 0.1) is 12.0 Å². The lowest BCUT2D eigenvalue weighted by Gasteiger charge is -2.20. The van der Waals surface area contributed by atoms with Crippen molar-refractivity contribution in [2.75, 3.05) is 0 Å². The van der Waals surface area contributed by atoms with Crippen LogP contribution in [-0.2, 0) is 25.7 Å². The third-order valence-electron chi connectivity index (χ3n) is 3.63. The Balaban J connectivity index is 2.21. The van der Waals surface area contributed by atoms with Crippen molar-refractivity contribution in [3.05, 3.63) is 59.4 Å². The van der Waals surface area contributed by atoms with E-state index in [1.807, 2.05) is 18.2 Å². The van der Waals surface area contributed by atoms with Gasteiger partial charge < -0.3 is 19.6 Å². The van der Waals surface area contributed by atoms with E-state index in [1.165, 1.54) is 12.3 Å². The Kier molecular flexibility index (Phi) is 6.39. The first-order valence-corrected chi connectivity index (χ1v) is 8.50. The molecule has 0 aliphatic heterocycles. The molecule has 2 rings (SSSR count). The van der Waals surface area contributed by atoms with Crippen LogP contribution in [0, 0.1) is 0 Å².